The third kappa shape index (κ3) is 2.43. The van der Waals surface area contributed by atoms with Crippen LogP contribution in [0.3, 0.4) is 0 Å². The first-order valence-corrected chi connectivity index (χ1v) is 6.06. The molecule has 7 heteroatoms. The van der Waals surface area contributed by atoms with Crippen LogP contribution in [-0.4, -0.2) is 31.3 Å². The van der Waals surface area contributed by atoms with Crippen LogP contribution in [0.4, 0.5) is 5.82 Å². The number of rotatable bonds is 1. The van der Waals surface area contributed by atoms with Crippen molar-refractivity contribution in [1.82, 2.24) is 4.98 Å². The predicted molar refractivity (Wildman–Crippen MR) is 67.0 cm³/mol. The number of hydrogen-bond donors (Lipinski definition) is 0. The SMILES string of the molecule is N#Cc1c(Cl)nc(N2CCOCC2)c(Cl)c1Cl. The van der Waals surface area contributed by atoms with E-state index in [1.54, 1.807) is 0 Å². The quantitative estimate of drug-likeness (QED) is 0.747. The molecule has 90 valence electrons. The molecule has 1 aromatic rings. The highest BCUT2D eigenvalue weighted by Gasteiger charge is 2.21. The summed E-state index contributed by atoms with van der Waals surface area (Å²) in [5.41, 5.74) is 0.107. The Bertz CT molecular complexity index is 481. The Morgan fingerprint density at radius 3 is 2.41 bits per heavy atom. The van der Waals surface area contributed by atoms with Gasteiger partial charge in [-0.3, -0.25) is 0 Å². The zero-order valence-corrected chi connectivity index (χ0v) is 11.0. The lowest BCUT2D eigenvalue weighted by molar-refractivity contribution is 0.122. The van der Waals surface area contributed by atoms with Crippen molar-refractivity contribution in [3.05, 3.63) is 20.8 Å². The van der Waals surface area contributed by atoms with E-state index in [1.165, 1.54) is 0 Å². The van der Waals surface area contributed by atoms with E-state index in [1.807, 2.05) is 11.0 Å². The van der Waals surface area contributed by atoms with Crippen molar-refractivity contribution < 1.29 is 4.74 Å². The Labute approximate surface area is 114 Å². The van der Waals surface area contributed by atoms with Gasteiger partial charge in [0.1, 0.15) is 16.7 Å². The van der Waals surface area contributed by atoms with Crippen LogP contribution >= 0.6 is 34.8 Å². The van der Waals surface area contributed by atoms with Crippen LogP contribution in [0.15, 0.2) is 0 Å². The van der Waals surface area contributed by atoms with Gasteiger partial charge in [0.25, 0.3) is 0 Å². The maximum absolute atomic E-state index is 8.87. The molecule has 4 nitrogen and oxygen atoms in total. The van der Waals surface area contributed by atoms with Gasteiger partial charge in [-0.05, 0) is 0 Å². The summed E-state index contributed by atoms with van der Waals surface area (Å²) in [7, 11) is 0. The van der Waals surface area contributed by atoms with Gasteiger partial charge in [-0.1, -0.05) is 34.8 Å². The molecule has 0 spiro atoms. The molecule has 0 saturated carbocycles. The molecule has 0 amide bonds. The van der Waals surface area contributed by atoms with E-state index >= 15 is 0 Å². The average molecular weight is 293 g/mol. The lowest BCUT2D eigenvalue weighted by atomic mass is 10.3. The number of aromatic nitrogens is 1. The molecule has 2 heterocycles. The summed E-state index contributed by atoms with van der Waals surface area (Å²) in [4.78, 5) is 6.06. The van der Waals surface area contributed by atoms with E-state index in [2.05, 4.69) is 4.98 Å². The monoisotopic (exact) mass is 291 g/mol. The Morgan fingerprint density at radius 1 is 1.18 bits per heavy atom. The molecular formula is C10H8Cl3N3O. The molecule has 1 aliphatic rings. The van der Waals surface area contributed by atoms with Gasteiger partial charge in [0.15, 0.2) is 11.0 Å². The number of hydrogen-bond acceptors (Lipinski definition) is 4. The fourth-order valence-corrected chi connectivity index (χ4v) is 2.31. The second-order valence-electron chi connectivity index (χ2n) is 3.44. The maximum Gasteiger partial charge on any atom is 0.150 e. The zero-order chi connectivity index (χ0) is 12.4. The molecule has 0 radical (unpaired) electrons. The average Bonchev–Trinajstić information content (AvgIpc) is 2.35. The van der Waals surface area contributed by atoms with Gasteiger partial charge in [0, 0.05) is 13.1 Å². The van der Waals surface area contributed by atoms with Crippen LogP contribution in [0, 0.1) is 11.3 Å². The fourth-order valence-electron chi connectivity index (χ4n) is 1.58. The van der Waals surface area contributed by atoms with Gasteiger partial charge in [-0.2, -0.15) is 5.26 Å². The number of morpholine rings is 1. The summed E-state index contributed by atoms with van der Waals surface area (Å²) in [5, 5.41) is 9.35. The summed E-state index contributed by atoms with van der Waals surface area (Å²) in [6.45, 7) is 2.55. The fraction of sp³-hybridized carbons (Fsp3) is 0.400. The van der Waals surface area contributed by atoms with E-state index in [4.69, 9.17) is 44.8 Å². The summed E-state index contributed by atoms with van der Waals surface area (Å²) >= 11 is 18.0. The molecule has 2 rings (SSSR count). The molecular weight excluding hydrogens is 284 g/mol. The van der Waals surface area contributed by atoms with E-state index in [0.29, 0.717) is 32.1 Å². The van der Waals surface area contributed by atoms with Crippen molar-refractivity contribution in [3.63, 3.8) is 0 Å². The Hall–Kier alpha value is -0.730. The standard InChI is InChI=1S/C10H8Cl3N3O/c11-7-6(5-14)9(13)15-10(8(7)12)16-1-3-17-4-2-16/h1-4H2. The number of ether oxygens (including phenoxy) is 1. The highest BCUT2D eigenvalue weighted by Crippen LogP contribution is 2.36. The molecule has 0 atom stereocenters. The number of nitrogens with zero attached hydrogens (tertiary/aromatic N) is 3. The molecule has 1 aromatic heterocycles. The number of nitriles is 1. The first-order valence-electron chi connectivity index (χ1n) is 4.92. The summed E-state index contributed by atoms with van der Waals surface area (Å²) in [6, 6.07) is 1.88. The minimum absolute atomic E-state index is 0.0726. The van der Waals surface area contributed by atoms with Gasteiger partial charge >= 0.3 is 0 Å². The summed E-state index contributed by atoms with van der Waals surface area (Å²) in [5.74, 6) is 0.504. The van der Waals surface area contributed by atoms with Crippen molar-refractivity contribution in [3.8, 4) is 6.07 Å². The molecule has 0 N–H and O–H groups in total. The second-order valence-corrected chi connectivity index (χ2v) is 4.55. The normalized spacial score (nSPS) is 15.8. The van der Waals surface area contributed by atoms with Crippen LogP contribution < -0.4 is 4.90 Å². The van der Waals surface area contributed by atoms with Gasteiger partial charge in [0.05, 0.1) is 18.2 Å². The minimum atomic E-state index is 0.0726. The third-order valence-electron chi connectivity index (χ3n) is 2.44. The third-order valence-corrected chi connectivity index (χ3v) is 3.55. The first kappa shape index (κ1) is 12.7. The largest absolute Gasteiger partial charge is 0.378 e. The van der Waals surface area contributed by atoms with E-state index in [-0.39, 0.29) is 20.8 Å². The number of halogens is 3. The lowest BCUT2D eigenvalue weighted by Crippen LogP contribution is -2.37. The Kier molecular flexibility index (Phi) is 3.95. The number of pyridine rings is 1. The topological polar surface area (TPSA) is 49.2 Å². The van der Waals surface area contributed by atoms with E-state index in [0.717, 1.165) is 0 Å². The zero-order valence-electron chi connectivity index (χ0n) is 8.71. The van der Waals surface area contributed by atoms with Crippen LogP contribution in [0.2, 0.25) is 15.2 Å². The highest BCUT2D eigenvalue weighted by molar-refractivity contribution is 6.45. The van der Waals surface area contributed by atoms with Crippen molar-refractivity contribution >= 4 is 40.6 Å². The van der Waals surface area contributed by atoms with Crippen LogP contribution in [-0.2, 0) is 4.74 Å². The van der Waals surface area contributed by atoms with Crippen molar-refractivity contribution in [2.45, 2.75) is 0 Å². The maximum atomic E-state index is 8.87. The van der Waals surface area contributed by atoms with Gasteiger partial charge in [-0.25, -0.2) is 4.98 Å². The van der Waals surface area contributed by atoms with Crippen molar-refractivity contribution in [2.24, 2.45) is 0 Å². The molecule has 0 bridgehead atoms. The van der Waals surface area contributed by atoms with Crippen LogP contribution in [0.5, 0.6) is 0 Å². The molecule has 1 saturated heterocycles. The first-order chi connectivity index (χ1) is 8.15. The summed E-state index contributed by atoms with van der Waals surface area (Å²) in [6.07, 6.45) is 0. The second kappa shape index (κ2) is 5.28. The van der Waals surface area contributed by atoms with Gasteiger partial charge in [0.2, 0.25) is 0 Å². The lowest BCUT2D eigenvalue weighted by Gasteiger charge is -2.28. The van der Waals surface area contributed by atoms with Gasteiger partial charge < -0.3 is 9.64 Å². The molecule has 1 fully saturated rings. The molecule has 17 heavy (non-hydrogen) atoms. The van der Waals surface area contributed by atoms with E-state index < -0.39 is 0 Å². The van der Waals surface area contributed by atoms with E-state index in [9.17, 15) is 0 Å². The van der Waals surface area contributed by atoms with Crippen molar-refractivity contribution in [2.75, 3.05) is 31.2 Å². The van der Waals surface area contributed by atoms with Crippen LogP contribution in [0.1, 0.15) is 5.56 Å². The molecule has 0 aliphatic carbocycles. The Morgan fingerprint density at radius 2 is 1.82 bits per heavy atom. The highest BCUT2D eigenvalue weighted by atomic mass is 35.5. The predicted octanol–water partition coefficient (Wildman–Crippen LogP) is 2.75. The number of anilines is 1. The smallest absolute Gasteiger partial charge is 0.150 e. The minimum Gasteiger partial charge on any atom is -0.378 e. The summed E-state index contributed by atoms with van der Waals surface area (Å²) < 4.78 is 5.24. The molecule has 1 aliphatic heterocycles. The van der Waals surface area contributed by atoms with Crippen LogP contribution in [0.25, 0.3) is 0 Å². The Balaban J connectivity index is 2.45. The van der Waals surface area contributed by atoms with Crippen molar-refractivity contribution in [1.29, 1.82) is 5.26 Å². The molecule has 0 unspecified atom stereocenters. The van der Waals surface area contributed by atoms with Gasteiger partial charge in [-0.15, -0.1) is 0 Å². The molecule has 0 aromatic carbocycles.